The first-order chi connectivity index (χ1) is 15.3. The Morgan fingerprint density at radius 3 is 2.61 bits per heavy atom. The number of rotatable bonds is 6. The predicted molar refractivity (Wildman–Crippen MR) is 124 cm³/mol. The van der Waals surface area contributed by atoms with Gasteiger partial charge in [-0.25, -0.2) is 4.68 Å². The first-order valence-corrected chi connectivity index (χ1v) is 10.6. The van der Waals surface area contributed by atoms with Gasteiger partial charge in [0, 0.05) is 30.7 Å². The van der Waals surface area contributed by atoms with Crippen molar-refractivity contribution in [1.29, 1.82) is 0 Å². The van der Waals surface area contributed by atoms with E-state index < -0.39 is 0 Å². The Morgan fingerprint density at radius 1 is 0.935 bits per heavy atom. The van der Waals surface area contributed by atoms with Crippen LogP contribution in [0.2, 0.25) is 0 Å². The molecule has 31 heavy (non-hydrogen) atoms. The number of fused-ring (bicyclic) bond motifs is 1. The molecule has 4 aromatic rings. The van der Waals surface area contributed by atoms with Crippen LogP contribution in [0.15, 0.2) is 91.3 Å². The van der Waals surface area contributed by atoms with E-state index in [-0.39, 0.29) is 12.3 Å². The zero-order valence-electron chi connectivity index (χ0n) is 17.2. The van der Waals surface area contributed by atoms with Crippen LogP contribution in [0.3, 0.4) is 0 Å². The quantitative estimate of drug-likeness (QED) is 0.507. The molecule has 1 aliphatic heterocycles. The van der Waals surface area contributed by atoms with E-state index in [4.69, 9.17) is 0 Å². The highest BCUT2D eigenvalue weighted by atomic mass is 16.1. The van der Waals surface area contributed by atoms with Crippen LogP contribution in [0.1, 0.15) is 16.7 Å². The van der Waals surface area contributed by atoms with Crippen LogP contribution in [0.25, 0.3) is 5.69 Å². The van der Waals surface area contributed by atoms with Crippen LogP contribution >= 0.6 is 0 Å². The van der Waals surface area contributed by atoms with Crippen LogP contribution < -0.4 is 10.2 Å². The fourth-order valence-electron chi connectivity index (χ4n) is 4.11. The number of carbonyl (C=O) groups is 1. The minimum Gasteiger partial charge on any atom is -0.367 e. The molecule has 0 unspecified atom stereocenters. The van der Waals surface area contributed by atoms with Gasteiger partial charge in [-0.15, -0.1) is 0 Å². The lowest BCUT2D eigenvalue weighted by Crippen LogP contribution is -2.22. The zero-order valence-corrected chi connectivity index (χ0v) is 17.2. The number of nitrogens with one attached hydrogen (secondary N) is 1. The van der Waals surface area contributed by atoms with Crippen LogP contribution in [0, 0.1) is 0 Å². The lowest BCUT2D eigenvalue weighted by atomic mass is 10.1. The summed E-state index contributed by atoms with van der Waals surface area (Å²) in [6, 6.07) is 26.5. The molecular weight excluding hydrogens is 384 g/mol. The van der Waals surface area contributed by atoms with E-state index in [2.05, 4.69) is 45.6 Å². The van der Waals surface area contributed by atoms with Crippen LogP contribution in [-0.2, 0) is 24.2 Å². The average molecular weight is 409 g/mol. The van der Waals surface area contributed by atoms with Gasteiger partial charge >= 0.3 is 0 Å². The largest absolute Gasteiger partial charge is 0.367 e. The maximum atomic E-state index is 12.8. The van der Waals surface area contributed by atoms with Crippen molar-refractivity contribution in [3.05, 3.63) is 108 Å². The molecule has 1 aliphatic rings. The maximum Gasteiger partial charge on any atom is 0.228 e. The Bertz CT molecular complexity index is 1200. The van der Waals surface area contributed by atoms with Gasteiger partial charge in [-0.2, -0.15) is 5.10 Å². The number of hydrogen-bond acceptors (Lipinski definition) is 3. The molecule has 0 aliphatic carbocycles. The molecule has 0 radical (unpaired) electrons. The zero-order chi connectivity index (χ0) is 21.0. The van der Waals surface area contributed by atoms with Crippen molar-refractivity contribution in [3.8, 4) is 5.69 Å². The number of aromatic nitrogens is 2. The summed E-state index contributed by atoms with van der Waals surface area (Å²) in [5, 5.41) is 7.49. The predicted octanol–water partition coefficient (Wildman–Crippen LogP) is 4.62. The molecule has 0 fully saturated rings. The van der Waals surface area contributed by atoms with Crippen molar-refractivity contribution in [2.45, 2.75) is 19.4 Å². The number of anilines is 2. The summed E-state index contributed by atoms with van der Waals surface area (Å²) in [5.74, 6) is -0.0399. The SMILES string of the molecule is O=C(Cc1cnn(-c2ccccc2)c1)Nc1ccccc1CN1CCc2ccccc21. The third-order valence-electron chi connectivity index (χ3n) is 5.66. The second-order valence-electron chi connectivity index (χ2n) is 7.81. The van der Waals surface area contributed by atoms with Crippen molar-refractivity contribution >= 4 is 17.3 Å². The Morgan fingerprint density at radius 2 is 1.71 bits per heavy atom. The van der Waals surface area contributed by atoms with E-state index in [1.54, 1.807) is 10.9 Å². The summed E-state index contributed by atoms with van der Waals surface area (Å²) in [7, 11) is 0. The average Bonchev–Trinajstić information content (AvgIpc) is 3.43. The van der Waals surface area contributed by atoms with E-state index >= 15 is 0 Å². The molecular formula is C26H24N4O. The molecule has 1 N–H and O–H groups in total. The van der Waals surface area contributed by atoms with Gasteiger partial charge in [-0.3, -0.25) is 4.79 Å². The summed E-state index contributed by atoms with van der Waals surface area (Å²) in [5.41, 5.74) is 6.52. The summed E-state index contributed by atoms with van der Waals surface area (Å²) in [6.07, 6.45) is 5.01. The van der Waals surface area contributed by atoms with Crippen LogP contribution in [-0.4, -0.2) is 22.2 Å². The summed E-state index contributed by atoms with van der Waals surface area (Å²) >= 11 is 0. The summed E-state index contributed by atoms with van der Waals surface area (Å²) < 4.78 is 1.79. The van der Waals surface area contributed by atoms with Gasteiger partial charge in [-0.1, -0.05) is 54.6 Å². The monoisotopic (exact) mass is 408 g/mol. The summed E-state index contributed by atoms with van der Waals surface area (Å²) in [4.78, 5) is 15.1. The third-order valence-corrected chi connectivity index (χ3v) is 5.66. The van der Waals surface area contributed by atoms with E-state index in [1.807, 2.05) is 54.7 Å². The summed E-state index contributed by atoms with van der Waals surface area (Å²) in [6.45, 7) is 1.78. The van der Waals surface area contributed by atoms with Gasteiger partial charge in [-0.05, 0) is 47.4 Å². The van der Waals surface area contributed by atoms with Crippen molar-refractivity contribution < 1.29 is 4.79 Å². The highest BCUT2D eigenvalue weighted by Gasteiger charge is 2.19. The van der Waals surface area contributed by atoms with Crippen molar-refractivity contribution in [2.75, 3.05) is 16.8 Å². The molecule has 5 rings (SSSR count). The van der Waals surface area contributed by atoms with Gasteiger partial charge < -0.3 is 10.2 Å². The Labute approximate surface area is 182 Å². The molecule has 0 atom stereocenters. The molecule has 0 bridgehead atoms. The number of nitrogens with zero attached hydrogens (tertiary/aromatic N) is 3. The second kappa shape index (κ2) is 8.48. The van der Waals surface area contributed by atoms with Crippen LogP contribution in [0.5, 0.6) is 0 Å². The fourth-order valence-corrected chi connectivity index (χ4v) is 4.11. The molecule has 5 heteroatoms. The van der Waals surface area contributed by atoms with Gasteiger partial charge in [0.25, 0.3) is 0 Å². The topological polar surface area (TPSA) is 50.2 Å². The Kier molecular flexibility index (Phi) is 5.23. The third kappa shape index (κ3) is 4.21. The lowest BCUT2D eigenvalue weighted by Gasteiger charge is -2.21. The molecule has 0 saturated carbocycles. The van der Waals surface area contributed by atoms with Crippen molar-refractivity contribution in [3.63, 3.8) is 0 Å². The number of benzene rings is 3. The van der Waals surface area contributed by atoms with Gasteiger partial charge in [0.15, 0.2) is 0 Å². The number of amides is 1. The van der Waals surface area contributed by atoms with Crippen molar-refractivity contribution in [2.24, 2.45) is 0 Å². The molecule has 0 saturated heterocycles. The first kappa shape index (κ1) is 19.1. The van der Waals surface area contributed by atoms with E-state index in [1.165, 1.54) is 11.3 Å². The number of para-hydroxylation sites is 3. The normalized spacial score (nSPS) is 12.6. The maximum absolute atomic E-state index is 12.8. The molecule has 1 aromatic heterocycles. The Balaban J connectivity index is 1.27. The van der Waals surface area contributed by atoms with Gasteiger partial charge in [0.05, 0.1) is 18.3 Å². The van der Waals surface area contributed by atoms with E-state index in [0.29, 0.717) is 0 Å². The fraction of sp³-hybridized carbons (Fsp3) is 0.154. The van der Waals surface area contributed by atoms with E-state index in [9.17, 15) is 4.79 Å². The second-order valence-corrected chi connectivity index (χ2v) is 7.81. The van der Waals surface area contributed by atoms with Crippen LogP contribution in [0.4, 0.5) is 11.4 Å². The highest BCUT2D eigenvalue weighted by Crippen LogP contribution is 2.30. The minimum absolute atomic E-state index is 0.0399. The highest BCUT2D eigenvalue weighted by molar-refractivity contribution is 5.93. The number of hydrogen-bond donors (Lipinski definition) is 1. The Hall–Kier alpha value is -3.86. The molecule has 2 heterocycles. The molecule has 1 amide bonds. The first-order valence-electron chi connectivity index (χ1n) is 10.6. The molecule has 0 spiro atoms. The van der Waals surface area contributed by atoms with Gasteiger partial charge in [0.1, 0.15) is 0 Å². The van der Waals surface area contributed by atoms with Gasteiger partial charge in [0.2, 0.25) is 5.91 Å². The molecule has 154 valence electrons. The van der Waals surface area contributed by atoms with Crippen molar-refractivity contribution in [1.82, 2.24) is 9.78 Å². The van der Waals surface area contributed by atoms with E-state index in [0.717, 1.165) is 42.0 Å². The lowest BCUT2D eigenvalue weighted by molar-refractivity contribution is -0.115. The number of carbonyl (C=O) groups excluding carboxylic acids is 1. The smallest absolute Gasteiger partial charge is 0.228 e. The molecule has 5 nitrogen and oxygen atoms in total. The minimum atomic E-state index is -0.0399. The standard InChI is InChI=1S/C26H24N4O/c31-26(16-20-17-27-30(18-20)23-10-2-1-3-11-23)28-24-12-6-4-9-22(24)19-29-15-14-21-8-5-7-13-25(21)29/h1-13,17-18H,14-16,19H2,(H,28,31). The molecule has 3 aromatic carbocycles.